The maximum atomic E-state index is 5.89. The highest BCUT2D eigenvalue weighted by molar-refractivity contribution is 5.48. The van der Waals surface area contributed by atoms with Crippen LogP contribution in [0.25, 0.3) is 0 Å². The average molecular weight is 257 g/mol. The molecular weight excluding hydrogens is 238 g/mol. The van der Waals surface area contributed by atoms with Crippen molar-refractivity contribution in [2.75, 3.05) is 11.9 Å². The lowest BCUT2D eigenvalue weighted by Gasteiger charge is -2.19. The van der Waals surface area contributed by atoms with Crippen LogP contribution in [0.15, 0.2) is 30.6 Å². The summed E-state index contributed by atoms with van der Waals surface area (Å²) in [7, 11) is 1.93. The van der Waals surface area contributed by atoms with Gasteiger partial charge in [-0.2, -0.15) is 5.10 Å². The van der Waals surface area contributed by atoms with Crippen LogP contribution in [-0.4, -0.2) is 16.4 Å². The smallest absolute Gasteiger partial charge is 0.127 e. The normalized spacial score (nSPS) is 18.3. The second-order valence-corrected chi connectivity index (χ2v) is 5.08. The molecule has 4 nitrogen and oxygen atoms in total. The van der Waals surface area contributed by atoms with E-state index in [0.29, 0.717) is 6.04 Å². The minimum atomic E-state index is 0.293. The van der Waals surface area contributed by atoms with Crippen LogP contribution in [0.2, 0.25) is 0 Å². The Morgan fingerprint density at radius 3 is 3.11 bits per heavy atom. The summed E-state index contributed by atoms with van der Waals surface area (Å²) in [6.07, 6.45) is 6.00. The zero-order valence-corrected chi connectivity index (χ0v) is 11.4. The van der Waals surface area contributed by atoms with E-state index in [1.807, 2.05) is 24.1 Å². The molecule has 1 N–H and O–H groups in total. The van der Waals surface area contributed by atoms with Crippen LogP contribution in [0.4, 0.5) is 5.69 Å². The van der Waals surface area contributed by atoms with Crippen LogP contribution >= 0.6 is 0 Å². The third-order valence-electron chi connectivity index (χ3n) is 3.55. The van der Waals surface area contributed by atoms with Crippen LogP contribution in [-0.2, 0) is 7.05 Å². The van der Waals surface area contributed by atoms with Crippen molar-refractivity contribution in [3.05, 3.63) is 41.7 Å². The van der Waals surface area contributed by atoms with Crippen LogP contribution < -0.4 is 10.1 Å². The fourth-order valence-corrected chi connectivity index (χ4v) is 2.61. The van der Waals surface area contributed by atoms with Crippen LogP contribution in [0.3, 0.4) is 0 Å². The van der Waals surface area contributed by atoms with Gasteiger partial charge in [-0.25, -0.2) is 0 Å². The average Bonchev–Trinajstić information content (AvgIpc) is 2.68. The SMILES string of the molecule is Cc1cccc2c1OCCCC2Nc1cnn(C)c1. The summed E-state index contributed by atoms with van der Waals surface area (Å²) in [5.41, 5.74) is 3.51. The van der Waals surface area contributed by atoms with Crippen molar-refractivity contribution in [1.29, 1.82) is 0 Å². The minimum Gasteiger partial charge on any atom is -0.493 e. The lowest BCUT2D eigenvalue weighted by molar-refractivity contribution is 0.314. The third kappa shape index (κ3) is 2.43. The number of nitrogens with zero attached hydrogens (tertiary/aromatic N) is 2. The zero-order chi connectivity index (χ0) is 13.2. The Balaban J connectivity index is 1.92. The second-order valence-electron chi connectivity index (χ2n) is 5.08. The van der Waals surface area contributed by atoms with Crippen LogP contribution in [0.5, 0.6) is 5.75 Å². The largest absolute Gasteiger partial charge is 0.493 e. The first-order chi connectivity index (χ1) is 9.24. The number of aromatic nitrogens is 2. The first-order valence-electron chi connectivity index (χ1n) is 6.71. The van der Waals surface area contributed by atoms with Crippen molar-refractivity contribution in [1.82, 2.24) is 9.78 Å². The Morgan fingerprint density at radius 2 is 2.32 bits per heavy atom. The van der Waals surface area contributed by atoms with Crippen molar-refractivity contribution in [3.63, 3.8) is 0 Å². The molecule has 1 aromatic heterocycles. The highest BCUT2D eigenvalue weighted by Gasteiger charge is 2.21. The number of ether oxygens (including phenoxy) is 1. The van der Waals surface area contributed by atoms with Gasteiger partial charge in [-0.3, -0.25) is 4.68 Å². The number of hydrogen-bond acceptors (Lipinski definition) is 3. The number of nitrogens with one attached hydrogen (secondary N) is 1. The Kier molecular flexibility index (Phi) is 3.15. The topological polar surface area (TPSA) is 39.1 Å². The maximum Gasteiger partial charge on any atom is 0.127 e. The molecule has 0 radical (unpaired) electrons. The van der Waals surface area contributed by atoms with Crippen LogP contribution in [0, 0.1) is 6.92 Å². The van der Waals surface area contributed by atoms with E-state index in [1.165, 1.54) is 11.1 Å². The summed E-state index contributed by atoms with van der Waals surface area (Å²) >= 11 is 0. The zero-order valence-electron chi connectivity index (χ0n) is 11.4. The van der Waals surface area contributed by atoms with E-state index >= 15 is 0 Å². The summed E-state index contributed by atoms with van der Waals surface area (Å²) in [6, 6.07) is 6.65. The quantitative estimate of drug-likeness (QED) is 0.898. The molecule has 0 spiro atoms. The van der Waals surface area contributed by atoms with E-state index in [2.05, 4.69) is 35.5 Å². The van der Waals surface area contributed by atoms with E-state index in [1.54, 1.807) is 0 Å². The molecule has 100 valence electrons. The second kappa shape index (κ2) is 4.96. The molecule has 1 aliphatic heterocycles. The molecule has 4 heteroatoms. The third-order valence-corrected chi connectivity index (χ3v) is 3.55. The number of rotatable bonds is 2. The molecule has 0 aliphatic carbocycles. The summed E-state index contributed by atoms with van der Waals surface area (Å²) in [5.74, 6) is 1.04. The number of fused-ring (bicyclic) bond motifs is 1. The summed E-state index contributed by atoms with van der Waals surface area (Å²) in [4.78, 5) is 0. The van der Waals surface area contributed by atoms with Gasteiger partial charge in [-0.05, 0) is 25.3 Å². The standard InChI is InChI=1S/C15H19N3O/c1-11-5-3-6-13-14(7-4-8-19-15(11)13)17-12-9-16-18(2)10-12/h3,5-6,9-10,14,17H,4,7-8H2,1-2H3. The molecule has 0 saturated carbocycles. The molecule has 1 aliphatic rings. The van der Waals surface area contributed by atoms with Crippen molar-refractivity contribution in [3.8, 4) is 5.75 Å². The van der Waals surface area contributed by atoms with Gasteiger partial charge in [0.25, 0.3) is 0 Å². The van der Waals surface area contributed by atoms with Gasteiger partial charge in [0, 0.05) is 18.8 Å². The van der Waals surface area contributed by atoms with Crippen molar-refractivity contribution in [2.24, 2.45) is 7.05 Å². The van der Waals surface area contributed by atoms with Crippen molar-refractivity contribution in [2.45, 2.75) is 25.8 Å². The predicted molar refractivity (Wildman–Crippen MR) is 75.5 cm³/mol. The molecule has 1 unspecified atom stereocenters. The Hall–Kier alpha value is -1.97. The number of hydrogen-bond donors (Lipinski definition) is 1. The first-order valence-corrected chi connectivity index (χ1v) is 6.71. The van der Waals surface area contributed by atoms with E-state index < -0.39 is 0 Å². The van der Waals surface area contributed by atoms with Gasteiger partial charge in [0.05, 0.1) is 24.5 Å². The molecular formula is C15H19N3O. The van der Waals surface area contributed by atoms with Gasteiger partial charge in [-0.1, -0.05) is 18.2 Å². The maximum absolute atomic E-state index is 5.89. The molecule has 3 rings (SSSR count). The Morgan fingerprint density at radius 1 is 1.42 bits per heavy atom. The summed E-state index contributed by atoms with van der Waals surface area (Å²) in [6.45, 7) is 2.90. The number of benzene rings is 1. The predicted octanol–water partition coefficient (Wildman–Crippen LogP) is 3.05. The molecule has 0 bridgehead atoms. The van der Waals surface area contributed by atoms with Gasteiger partial charge in [0.2, 0.25) is 0 Å². The first kappa shape index (κ1) is 12.1. The van der Waals surface area contributed by atoms with E-state index in [0.717, 1.165) is 30.9 Å². The molecule has 0 saturated heterocycles. The number of para-hydroxylation sites is 1. The Bertz CT molecular complexity index is 577. The van der Waals surface area contributed by atoms with Gasteiger partial charge in [0.1, 0.15) is 5.75 Å². The number of aryl methyl sites for hydroxylation is 2. The van der Waals surface area contributed by atoms with E-state index in [9.17, 15) is 0 Å². The summed E-state index contributed by atoms with van der Waals surface area (Å²) < 4.78 is 7.70. The monoisotopic (exact) mass is 257 g/mol. The van der Waals surface area contributed by atoms with E-state index in [-0.39, 0.29) is 0 Å². The van der Waals surface area contributed by atoms with Crippen molar-refractivity contribution >= 4 is 5.69 Å². The highest BCUT2D eigenvalue weighted by atomic mass is 16.5. The molecule has 2 aromatic rings. The van der Waals surface area contributed by atoms with Gasteiger partial charge in [-0.15, -0.1) is 0 Å². The fraction of sp³-hybridized carbons (Fsp3) is 0.400. The summed E-state index contributed by atoms with van der Waals surface area (Å²) in [5, 5.41) is 7.76. The van der Waals surface area contributed by atoms with Crippen molar-refractivity contribution < 1.29 is 4.74 Å². The van der Waals surface area contributed by atoms with Gasteiger partial charge >= 0.3 is 0 Å². The van der Waals surface area contributed by atoms with Gasteiger partial charge < -0.3 is 10.1 Å². The highest BCUT2D eigenvalue weighted by Crippen LogP contribution is 2.35. The van der Waals surface area contributed by atoms with Crippen LogP contribution in [0.1, 0.15) is 30.0 Å². The molecule has 19 heavy (non-hydrogen) atoms. The van der Waals surface area contributed by atoms with E-state index in [4.69, 9.17) is 4.74 Å². The molecule has 1 atom stereocenters. The lowest BCUT2D eigenvalue weighted by Crippen LogP contribution is -2.10. The molecule has 1 aromatic carbocycles. The molecule has 0 amide bonds. The fourth-order valence-electron chi connectivity index (χ4n) is 2.61. The minimum absolute atomic E-state index is 0.293. The lowest BCUT2D eigenvalue weighted by atomic mass is 10.00. The molecule has 0 fully saturated rings. The number of anilines is 1. The molecule has 2 heterocycles. The Labute approximate surface area is 113 Å². The van der Waals surface area contributed by atoms with Gasteiger partial charge in [0.15, 0.2) is 0 Å².